The van der Waals surface area contributed by atoms with Crippen LogP contribution in [0.4, 0.5) is 0 Å². The Labute approximate surface area is 158 Å². The molecule has 27 heavy (non-hydrogen) atoms. The number of ether oxygens (including phenoxy) is 1. The van der Waals surface area contributed by atoms with Gasteiger partial charge in [-0.05, 0) is 35.4 Å². The lowest BCUT2D eigenvalue weighted by atomic mass is 9.79. The van der Waals surface area contributed by atoms with Gasteiger partial charge in [0.2, 0.25) is 0 Å². The van der Waals surface area contributed by atoms with Crippen molar-refractivity contribution in [1.82, 2.24) is 30.4 Å². The predicted molar refractivity (Wildman–Crippen MR) is 99.7 cm³/mol. The van der Waals surface area contributed by atoms with E-state index in [1.54, 1.807) is 0 Å². The van der Waals surface area contributed by atoms with E-state index in [2.05, 4.69) is 25.7 Å². The summed E-state index contributed by atoms with van der Waals surface area (Å²) in [4.78, 5) is 15.5. The molecule has 1 aliphatic carbocycles. The van der Waals surface area contributed by atoms with Crippen molar-refractivity contribution in [1.29, 1.82) is 0 Å². The lowest BCUT2D eigenvalue weighted by Crippen LogP contribution is -2.59. The minimum absolute atomic E-state index is 0.0431. The summed E-state index contributed by atoms with van der Waals surface area (Å²) in [5.41, 5.74) is 1.31. The number of amides is 1. The fourth-order valence-corrected chi connectivity index (χ4v) is 4.33. The number of para-hydroxylation sites is 1. The Bertz CT molecular complexity index is 751. The molecule has 1 saturated heterocycles. The van der Waals surface area contributed by atoms with E-state index in [-0.39, 0.29) is 11.4 Å². The van der Waals surface area contributed by atoms with Gasteiger partial charge in [0.15, 0.2) is 0 Å². The van der Waals surface area contributed by atoms with Crippen LogP contribution in [0.25, 0.3) is 5.69 Å². The number of carbonyl (C=O) groups excluding carboxylic acids is 1. The highest BCUT2D eigenvalue weighted by atomic mass is 16.5. The molecule has 8 nitrogen and oxygen atoms in total. The number of benzene rings is 1. The van der Waals surface area contributed by atoms with Gasteiger partial charge in [-0.3, -0.25) is 9.69 Å². The Hall–Kier alpha value is -2.32. The number of tetrazole rings is 1. The molecule has 1 amide bonds. The number of hydrogen-bond acceptors (Lipinski definition) is 6. The van der Waals surface area contributed by atoms with Gasteiger partial charge in [0, 0.05) is 25.2 Å². The van der Waals surface area contributed by atoms with Crippen LogP contribution in [0.15, 0.2) is 30.6 Å². The molecule has 1 aromatic carbocycles. The second-order valence-corrected chi connectivity index (χ2v) is 7.34. The van der Waals surface area contributed by atoms with Crippen molar-refractivity contribution in [2.24, 2.45) is 0 Å². The van der Waals surface area contributed by atoms with Crippen LogP contribution in [-0.4, -0.2) is 69.4 Å². The van der Waals surface area contributed by atoms with Crippen molar-refractivity contribution in [2.45, 2.75) is 37.6 Å². The smallest absolute Gasteiger partial charge is 0.253 e. The van der Waals surface area contributed by atoms with Crippen LogP contribution in [0.1, 0.15) is 42.5 Å². The van der Waals surface area contributed by atoms with Gasteiger partial charge in [0.1, 0.15) is 6.33 Å². The summed E-state index contributed by atoms with van der Waals surface area (Å²) in [5, 5.41) is 14.5. The van der Waals surface area contributed by atoms with Crippen LogP contribution in [-0.2, 0) is 4.74 Å². The fourth-order valence-electron chi connectivity index (χ4n) is 4.33. The van der Waals surface area contributed by atoms with Crippen molar-refractivity contribution in [3.63, 3.8) is 0 Å². The first-order valence-corrected chi connectivity index (χ1v) is 9.72. The number of nitrogens with zero attached hydrogens (tertiary/aromatic N) is 5. The third-order valence-electron chi connectivity index (χ3n) is 5.79. The van der Waals surface area contributed by atoms with Crippen molar-refractivity contribution < 1.29 is 9.53 Å². The van der Waals surface area contributed by atoms with E-state index in [0.29, 0.717) is 17.8 Å². The molecule has 0 spiro atoms. The van der Waals surface area contributed by atoms with Crippen LogP contribution in [0.5, 0.6) is 0 Å². The van der Waals surface area contributed by atoms with E-state index in [9.17, 15) is 4.79 Å². The van der Waals surface area contributed by atoms with Crippen LogP contribution in [0.2, 0.25) is 0 Å². The number of rotatable bonds is 5. The first-order chi connectivity index (χ1) is 13.3. The molecule has 0 atom stereocenters. The second kappa shape index (κ2) is 8.14. The zero-order valence-corrected chi connectivity index (χ0v) is 15.5. The quantitative estimate of drug-likeness (QED) is 0.857. The first kappa shape index (κ1) is 18.1. The SMILES string of the molecule is O=C(NCC1(N2CCOCC2)CCCCC1)c1ccccc1-n1cnnn1. The monoisotopic (exact) mass is 370 g/mol. The Morgan fingerprint density at radius 3 is 2.67 bits per heavy atom. The topological polar surface area (TPSA) is 85.2 Å². The van der Waals surface area contributed by atoms with Crippen LogP contribution < -0.4 is 5.32 Å². The molecule has 1 aliphatic heterocycles. The molecule has 2 aliphatic rings. The molecule has 8 heteroatoms. The van der Waals surface area contributed by atoms with Crippen molar-refractivity contribution in [2.75, 3.05) is 32.8 Å². The van der Waals surface area contributed by atoms with Gasteiger partial charge in [-0.1, -0.05) is 31.4 Å². The third kappa shape index (κ3) is 3.86. The van der Waals surface area contributed by atoms with Crippen LogP contribution in [0.3, 0.4) is 0 Å². The molecule has 2 aromatic rings. The highest BCUT2D eigenvalue weighted by Gasteiger charge is 2.39. The van der Waals surface area contributed by atoms with E-state index in [1.165, 1.54) is 30.3 Å². The van der Waals surface area contributed by atoms with E-state index < -0.39 is 0 Å². The van der Waals surface area contributed by atoms with Gasteiger partial charge in [-0.25, -0.2) is 0 Å². The number of morpholine rings is 1. The molecule has 2 fully saturated rings. The van der Waals surface area contributed by atoms with E-state index in [0.717, 1.165) is 39.1 Å². The first-order valence-electron chi connectivity index (χ1n) is 9.72. The maximum atomic E-state index is 13.0. The molecule has 0 bridgehead atoms. The van der Waals surface area contributed by atoms with Gasteiger partial charge in [0.05, 0.1) is 24.5 Å². The maximum absolute atomic E-state index is 13.0. The average molecular weight is 370 g/mol. The highest BCUT2D eigenvalue weighted by molar-refractivity contribution is 5.97. The largest absolute Gasteiger partial charge is 0.379 e. The fraction of sp³-hybridized carbons (Fsp3) is 0.579. The molecule has 4 rings (SSSR count). The molecule has 2 heterocycles. The summed E-state index contributed by atoms with van der Waals surface area (Å²) in [5.74, 6) is -0.0840. The number of hydrogen-bond donors (Lipinski definition) is 1. The summed E-state index contributed by atoms with van der Waals surface area (Å²) in [6, 6.07) is 7.41. The number of aromatic nitrogens is 4. The number of carbonyl (C=O) groups is 1. The van der Waals surface area contributed by atoms with Gasteiger partial charge in [-0.15, -0.1) is 5.10 Å². The molecule has 1 saturated carbocycles. The van der Waals surface area contributed by atoms with Crippen molar-refractivity contribution in [3.05, 3.63) is 36.2 Å². The molecule has 1 aromatic heterocycles. The highest BCUT2D eigenvalue weighted by Crippen LogP contribution is 2.34. The van der Waals surface area contributed by atoms with Crippen molar-refractivity contribution >= 4 is 5.91 Å². The normalized spacial score (nSPS) is 20.3. The van der Waals surface area contributed by atoms with Gasteiger partial charge < -0.3 is 10.1 Å². The molecule has 0 unspecified atom stereocenters. The Balaban J connectivity index is 1.51. The Kier molecular flexibility index (Phi) is 5.45. The molecule has 0 radical (unpaired) electrons. The third-order valence-corrected chi connectivity index (χ3v) is 5.79. The van der Waals surface area contributed by atoms with Gasteiger partial charge in [0.25, 0.3) is 5.91 Å². The summed E-state index contributed by atoms with van der Waals surface area (Å²) in [6.45, 7) is 4.10. The summed E-state index contributed by atoms with van der Waals surface area (Å²) in [7, 11) is 0. The Morgan fingerprint density at radius 2 is 1.93 bits per heavy atom. The van der Waals surface area contributed by atoms with Crippen LogP contribution >= 0.6 is 0 Å². The molecular formula is C19H26N6O2. The lowest BCUT2D eigenvalue weighted by molar-refractivity contribution is -0.0361. The Morgan fingerprint density at radius 1 is 1.15 bits per heavy atom. The summed E-state index contributed by atoms with van der Waals surface area (Å²) in [6.07, 6.45) is 7.47. The van der Waals surface area contributed by atoms with E-state index in [4.69, 9.17) is 4.74 Å². The summed E-state index contributed by atoms with van der Waals surface area (Å²) < 4.78 is 7.06. The summed E-state index contributed by atoms with van der Waals surface area (Å²) >= 11 is 0. The minimum atomic E-state index is -0.0840. The van der Waals surface area contributed by atoms with E-state index >= 15 is 0 Å². The molecule has 144 valence electrons. The number of nitrogens with one attached hydrogen (secondary N) is 1. The predicted octanol–water partition coefficient (Wildman–Crippen LogP) is 1.43. The van der Waals surface area contributed by atoms with Crippen molar-refractivity contribution in [3.8, 4) is 5.69 Å². The molecule has 1 N–H and O–H groups in total. The minimum Gasteiger partial charge on any atom is -0.379 e. The standard InChI is InChI=1S/C19H26N6O2/c26-18(16-6-2-3-7-17(16)25-15-21-22-23-25)20-14-19(8-4-1-5-9-19)24-10-12-27-13-11-24/h2-3,6-7,15H,1,4-5,8-14H2,(H,20,26). The maximum Gasteiger partial charge on any atom is 0.253 e. The van der Waals surface area contributed by atoms with E-state index in [1.807, 2.05) is 24.3 Å². The second-order valence-electron chi connectivity index (χ2n) is 7.34. The van der Waals surface area contributed by atoms with Gasteiger partial charge in [-0.2, -0.15) is 4.68 Å². The lowest BCUT2D eigenvalue weighted by Gasteiger charge is -2.48. The zero-order valence-electron chi connectivity index (χ0n) is 15.5. The van der Waals surface area contributed by atoms with Gasteiger partial charge >= 0.3 is 0 Å². The molecular weight excluding hydrogens is 344 g/mol. The average Bonchev–Trinajstić information content (AvgIpc) is 3.28. The zero-order chi connectivity index (χ0) is 18.5. The van der Waals surface area contributed by atoms with Crippen LogP contribution in [0, 0.1) is 0 Å².